The first-order valence-corrected chi connectivity index (χ1v) is 13.7. The third kappa shape index (κ3) is 9.31. The van der Waals surface area contributed by atoms with E-state index in [0.29, 0.717) is 29.2 Å². The van der Waals surface area contributed by atoms with Crippen LogP contribution in [0.15, 0.2) is 65.7 Å². The number of nitrogens with zero attached hydrogens (tertiary/aromatic N) is 2. The molecule has 214 valence electrons. The van der Waals surface area contributed by atoms with Gasteiger partial charge in [-0.2, -0.15) is 0 Å². The lowest BCUT2D eigenvalue weighted by atomic mass is 9.90. The Balaban J connectivity index is 2.43. The number of carbonyl (C=O) groups excluding carboxylic acids is 2. The molecule has 0 fully saturated rings. The lowest BCUT2D eigenvalue weighted by Gasteiger charge is -2.18. The first kappa shape index (κ1) is 32.2. The Labute approximate surface area is 238 Å². The third-order valence-corrected chi connectivity index (χ3v) is 6.17. The molecule has 0 atom stereocenters. The maximum absolute atomic E-state index is 13.3. The van der Waals surface area contributed by atoms with E-state index in [4.69, 9.17) is 4.74 Å². The van der Waals surface area contributed by atoms with Crippen LogP contribution in [0.4, 0.5) is 11.4 Å². The number of methoxy groups -OCH3 is 1. The lowest BCUT2D eigenvalue weighted by Crippen LogP contribution is -2.27. The van der Waals surface area contributed by atoms with E-state index >= 15 is 0 Å². The van der Waals surface area contributed by atoms with E-state index in [1.807, 2.05) is 39.0 Å². The maximum Gasteiger partial charge on any atom is 0.257 e. The van der Waals surface area contributed by atoms with Gasteiger partial charge in [0.2, 0.25) is 5.91 Å². The number of aromatic nitrogens is 2. The summed E-state index contributed by atoms with van der Waals surface area (Å²) >= 11 is 0. The molecule has 2 aromatic rings. The minimum atomic E-state index is -0.318. The third-order valence-electron chi connectivity index (χ3n) is 6.17. The van der Waals surface area contributed by atoms with Gasteiger partial charge in [-0.15, -0.1) is 0 Å². The largest absolute Gasteiger partial charge is 0.496 e. The predicted molar refractivity (Wildman–Crippen MR) is 164 cm³/mol. The van der Waals surface area contributed by atoms with Crippen molar-refractivity contribution < 1.29 is 14.3 Å². The van der Waals surface area contributed by atoms with Crippen molar-refractivity contribution in [1.29, 1.82) is 0 Å². The number of hydrogen-bond donors (Lipinski definition) is 3. The van der Waals surface area contributed by atoms with Crippen molar-refractivity contribution in [2.75, 3.05) is 30.8 Å². The monoisotopic (exact) mass is 545 g/mol. The van der Waals surface area contributed by atoms with Crippen LogP contribution in [0.25, 0.3) is 6.08 Å². The van der Waals surface area contributed by atoms with Crippen molar-refractivity contribution in [3.63, 3.8) is 0 Å². The molecule has 0 saturated carbocycles. The van der Waals surface area contributed by atoms with E-state index in [1.54, 1.807) is 32.5 Å². The number of nitrogens with one attached hydrogen (secondary N) is 3. The number of allylic oxidation sites excluding steroid dienone is 5. The number of aryl methyl sites for hydroxylation is 2. The van der Waals surface area contributed by atoms with Gasteiger partial charge in [0.05, 0.1) is 42.5 Å². The van der Waals surface area contributed by atoms with E-state index in [0.717, 1.165) is 34.6 Å². The molecule has 0 aromatic carbocycles. The Hall–Kier alpha value is -4.04. The van der Waals surface area contributed by atoms with Gasteiger partial charge in [0.1, 0.15) is 5.76 Å². The van der Waals surface area contributed by atoms with Crippen molar-refractivity contribution in [3.8, 4) is 0 Å². The van der Waals surface area contributed by atoms with Crippen molar-refractivity contribution in [3.05, 3.63) is 88.3 Å². The van der Waals surface area contributed by atoms with Gasteiger partial charge >= 0.3 is 0 Å². The zero-order valence-electron chi connectivity index (χ0n) is 25.0. The summed E-state index contributed by atoms with van der Waals surface area (Å²) in [7, 11) is 1.67. The number of hydrogen-bond acceptors (Lipinski definition) is 6. The molecule has 0 spiro atoms. The smallest absolute Gasteiger partial charge is 0.257 e. The highest BCUT2D eigenvalue weighted by Crippen LogP contribution is 2.30. The van der Waals surface area contributed by atoms with E-state index in [9.17, 15) is 9.59 Å². The van der Waals surface area contributed by atoms with Crippen LogP contribution >= 0.6 is 0 Å². The topological polar surface area (TPSA) is 105 Å². The number of anilines is 2. The van der Waals surface area contributed by atoms with Gasteiger partial charge < -0.3 is 20.7 Å². The van der Waals surface area contributed by atoms with Crippen LogP contribution in [0.3, 0.4) is 0 Å². The molecular formula is C32H43N5O3. The zero-order valence-corrected chi connectivity index (χ0v) is 25.0. The Morgan fingerprint density at radius 3 is 2.40 bits per heavy atom. The zero-order chi connectivity index (χ0) is 29.7. The second kappa shape index (κ2) is 16.2. The molecule has 2 heterocycles. The second-order valence-electron chi connectivity index (χ2n) is 9.57. The van der Waals surface area contributed by atoms with Crippen LogP contribution in [-0.2, 0) is 9.53 Å². The highest BCUT2D eigenvalue weighted by Gasteiger charge is 2.17. The molecule has 0 radical (unpaired) electrons. The van der Waals surface area contributed by atoms with Gasteiger partial charge in [-0.1, -0.05) is 45.9 Å². The first-order chi connectivity index (χ1) is 19.1. The Morgan fingerprint density at radius 2 is 1.77 bits per heavy atom. The quantitative estimate of drug-likeness (QED) is 0.199. The fraction of sp³-hybridized carbons (Fsp3) is 0.375. The van der Waals surface area contributed by atoms with Gasteiger partial charge in [0.25, 0.3) is 5.91 Å². The molecule has 8 nitrogen and oxygen atoms in total. The second-order valence-corrected chi connectivity index (χ2v) is 9.57. The molecular weight excluding hydrogens is 502 g/mol. The summed E-state index contributed by atoms with van der Waals surface area (Å²) in [5, 5.41) is 8.69. The van der Waals surface area contributed by atoms with Crippen LogP contribution in [0, 0.1) is 19.8 Å². The maximum atomic E-state index is 13.3. The highest BCUT2D eigenvalue weighted by molar-refractivity contribution is 6.05. The Kier molecular flexibility index (Phi) is 13.0. The molecule has 0 saturated heterocycles. The van der Waals surface area contributed by atoms with Crippen LogP contribution in [0.1, 0.15) is 68.3 Å². The molecule has 0 unspecified atom stereocenters. The molecule has 40 heavy (non-hydrogen) atoms. The van der Waals surface area contributed by atoms with Crippen molar-refractivity contribution in [2.24, 2.45) is 5.92 Å². The summed E-state index contributed by atoms with van der Waals surface area (Å²) < 4.78 is 5.69. The van der Waals surface area contributed by atoms with Crippen LogP contribution < -0.4 is 16.0 Å². The van der Waals surface area contributed by atoms with Gasteiger partial charge in [0.15, 0.2) is 0 Å². The van der Waals surface area contributed by atoms with Gasteiger partial charge in [-0.25, -0.2) is 0 Å². The fourth-order valence-corrected chi connectivity index (χ4v) is 3.91. The van der Waals surface area contributed by atoms with Crippen molar-refractivity contribution in [1.82, 2.24) is 15.3 Å². The number of amides is 2. The average Bonchev–Trinajstić information content (AvgIpc) is 2.93. The van der Waals surface area contributed by atoms with Crippen LogP contribution in [-0.4, -0.2) is 42.0 Å². The number of likely N-dealkylation sites (N-methyl/N-ethyl adjacent to an activating group) is 1. The number of carbonyl (C=O) groups is 2. The summed E-state index contributed by atoms with van der Waals surface area (Å²) in [6, 6.07) is 3.54. The minimum Gasteiger partial charge on any atom is -0.496 e. The Morgan fingerprint density at radius 1 is 1.05 bits per heavy atom. The summed E-state index contributed by atoms with van der Waals surface area (Å²) in [6.07, 6.45) is 14.3. The molecule has 0 aliphatic rings. The molecule has 3 N–H and O–H groups in total. The van der Waals surface area contributed by atoms with Crippen molar-refractivity contribution in [2.45, 2.75) is 54.9 Å². The van der Waals surface area contributed by atoms with Crippen LogP contribution in [0.5, 0.6) is 0 Å². The first-order valence-electron chi connectivity index (χ1n) is 13.7. The minimum absolute atomic E-state index is 0.182. The normalized spacial score (nSPS) is 12.7. The van der Waals surface area contributed by atoms with Gasteiger partial charge in [0, 0.05) is 17.5 Å². The van der Waals surface area contributed by atoms with E-state index in [2.05, 4.69) is 64.9 Å². The average molecular weight is 546 g/mol. The van der Waals surface area contributed by atoms with Gasteiger partial charge in [-0.05, 0) is 75.1 Å². The van der Waals surface area contributed by atoms with Gasteiger partial charge in [-0.3, -0.25) is 19.6 Å². The summed E-state index contributed by atoms with van der Waals surface area (Å²) in [4.78, 5) is 34.2. The fourth-order valence-electron chi connectivity index (χ4n) is 3.91. The summed E-state index contributed by atoms with van der Waals surface area (Å²) in [6.45, 7) is 14.8. The van der Waals surface area contributed by atoms with E-state index < -0.39 is 0 Å². The summed E-state index contributed by atoms with van der Waals surface area (Å²) in [5.74, 6) is 0.461. The molecule has 0 bridgehead atoms. The van der Waals surface area contributed by atoms with E-state index in [-0.39, 0.29) is 24.3 Å². The predicted octanol–water partition coefficient (Wildman–Crippen LogP) is 6.38. The van der Waals surface area contributed by atoms with E-state index in [1.165, 1.54) is 0 Å². The van der Waals surface area contributed by atoms with Crippen LogP contribution in [0.2, 0.25) is 0 Å². The number of rotatable bonds is 13. The molecule has 0 aliphatic heterocycles. The molecule has 2 rings (SSSR count). The number of ether oxygens (including phenoxy) is 1. The molecule has 2 aromatic heterocycles. The molecule has 8 heteroatoms. The lowest BCUT2D eigenvalue weighted by molar-refractivity contribution is -0.115. The highest BCUT2D eigenvalue weighted by atomic mass is 16.5. The molecule has 0 aliphatic carbocycles. The molecule has 2 amide bonds. The Bertz CT molecular complexity index is 1310. The number of pyridine rings is 2. The SMILES string of the molecule is C\C=C(OC)/C(=C\C=C\CC)C(=C/c1cc(C(=O)Nc2cc(NC(=O)CNCC)cnc2C)cnc1C)/C(C)C. The summed E-state index contributed by atoms with van der Waals surface area (Å²) in [5.41, 5.74) is 5.76. The standard InChI is InChI=1S/C32H43N5O3/c1-9-12-13-14-27(30(10-2)40-8)28(21(4)5)16-24-15-25(18-34-22(24)6)32(39)37-29-17-26(19-35-23(29)7)36-31(38)20-33-11-3/h10,12-19,21,33H,9,11,20H2,1-8H3,(H,36,38)(H,37,39)/b13-12+,27-14-,28-16+,30-10+. The van der Waals surface area contributed by atoms with Crippen molar-refractivity contribution >= 4 is 29.3 Å².